The summed E-state index contributed by atoms with van der Waals surface area (Å²) in [4.78, 5) is 14.7. The molecule has 0 aromatic heterocycles. The maximum Gasteiger partial charge on any atom is 0.231 e. The van der Waals surface area contributed by atoms with Gasteiger partial charge in [-0.3, -0.25) is 4.79 Å². The Balaban J connectivity index is 2.33. The van der Waals surface area contributed by atoms with Crippen molar-refractivity contribution in [1.82, 2.24) is 0 Å². The van der Waals surface area contributed by atoms with Crippen LogP contribution in [0.25, 0.3) is 0 Å². The van der Waals surface area contributed by atoms with E-state index in [9.17, 15) is 4.79 Å². The van der Waals surface area contributed by atoms with Gasteiger partial charge in [-0.2, -0.15) is 0 Å². The van der Waals surface area contributed by atoms with Gasteiger partial charge in [-0.05, 0) is 44.4 Å². The van der Waals surface area contributed by atoms with Gasteiger partial charge >= 0.3 is 0 Å². The Kier molecular flexibility index (Phi) is 4.79. The lowest BCUT2D eigenvalue weighted by Crippen LogP contribution is -2.39. The number of hydrogen-bond acceptors (Lipinski definition) is 1. The fraction of sp³-hybridized carbons (Fsp3) is 0.316. The summed E-state index contributed by atoms with van der Waals surface area (Å²) in [5.41, 5.74) is 4.39. The highest BCUT2D eigenvalue weighted by Gasteiger charge is 2.22. The lowest BCUT2D eigenvalue weighted by molar-refractivity contribution is -0.118. The van der Waals surface area contributed by atoms with Crippen LogP contribution in [-0.2, 0) is 11.2 Å². The molecule has 0 radical (unpaired) electrons. The summed E-state index contributed by atoms with van der Waals surface area (Å²) < 4.78 is 0. The summed E-state index contributed by atoms with van der Waals surface area (Å²) in [6, 6.07) is 16.2. The molecule has 1 amide bonds. The van der Waals surface area contributed by atoms with Gasteiger partial charge in [-0.25, -0.2) is 0 Å². The van der Waals surface area contributed by atoms with Crippen LogP contribution < -0.4 is 4.90 Å². The summed E-state index contributed by atoms with van der Waals surface area (Å²) in [7, 11) is 0. The van der Waals surface area contributed by atoms with E-state index in [0.717, 1.165) is 22.4 Å². The first-order chi connectivity index (χ1) is 10.0. The number of para-hydroxylation sites is 1. The highest BCUT2D eigenvalue weighted by atomic mass is 16.2. The molecule has 2 rings (SSSR count). The van der Waals surface area contributed by atoms with E-state index >= 15 is 0 Å². The average Bonchev–Trinajstić information content (AvgIpc) is 2.43. The van der Waals surface area contributed by atoms with E-state index in [1.165, 1.54) is 0 Å². The van der Waals surface area contributed by atoms with Crippen LogP contribution in [0.15, 0.2) is 48.5 Å². The number of anilines is 1. The van der Waals surface area contributed by atoms with Gasteiger partial charge in [-0.1, -0.05) is 48.5 Å². The molecule has 0 bridgehead atoms. The molecule has 0 saturated heterocycles. The molecule has 0 aliphatic heterocycles. The lowest BCUT2D eigenvalue weighted by Gasteiger charge is -2.30. The highest BCUT2D eigenvalue weighted by molar-refractivity contribution is 5.96. The van der Waals surface area contributed by atoms with E-state index in [4.69, 9.17) is 0 Å². The van der Waals surface area contributed by atoms with Crippen LogP contribution in [0.2, 0.25) is 0 Å². The molecule has 2 heteroatoms. The SMILES string of the molecule is Cc1cccc(C)c1N(C(=O)Cc1ccccc1)C(C)C. The van der Waals surface area contributed by atoms with Crippen molar-refractivity contribution in [3.05, 3.63) is 65.2 Å². The first-order valence-corrected chi connectivity index (χ1v) is 7.43. The zero-order valence-corrected chi connectivity index (χ0v) is 13.3. The highest BCUT2D eigenvalue weighted by Crippen LogP contribution is 2.27. The molecule has 0 saturated carbocycles. The number of carbonyl (C=O) groups is 1. The van der Waals surface area contributed by atoms with Gasteiger partial charge in [0.25, 0.3) is 0 Å². The molecule has 2 aromatic carbocycles. The molecule has 0 spiro atoms. The Morgan fingerprint density at radius 1 is 0.952 bits per heavy atom. The molecule has 0 atom stereocenters. The van der Waals surface area contributed by atoms with Gasteiger partial charge in [0.1, 0.15) is 0 Å². The van der Waals surface area contributed by atoms with Gasteiger partial charge < -0.3 is 4.90 Å². The minimum Gasteiger partial charge on any atom is -0.309 e. The van der Waals surface area contributed by atoms with Crippen molar-refractivity contribution < 1.29 is 4.79 Å². The second-order valence-electron chi connectivity index (χ2n) is 5.76. The minimum atomic E-state index is 0.140. The van der Waals surface area contributed by atoms with Crippen molar-refractivity contribution in [2.45, 2.75) is 40.2 Å². The molecular formula is C19H23NO. The van der Waals surface area contributed by atoms with Crippen LogP contribution in [0.4, 0.5) is 5.69 Å². The van der Waals surface area contributed by atoms with Gasteiger partial charge in [0.15, 0.2) is 0 Å². The number of benzene rings is 2. The molecule has 0 fully saturated rings. The number of hydrogen-bond donors (Lipinski definition) is 0. The van der Waals surface area contributed by atoms with E-state index in [1.54, 1.807) is 0 Å². The van der Waals surface area contributed by atoms with Gasteiger partial charge in [0, 0.05) is 11.7 Å². The Morgan fingerprint density at radius 2 is 1.52 bits per heavy atom. The van der Waals surface area contributed by atoms with E-state index in [-0.39, 0.29) is 11.9 Å². The number of amides is 1. The van der Waals surface area contributed by atoms with Crippen LogP contribution in [0.3, 0.4) is 0 Å². The van der Waals surface area contributed by atoms with E-state index in [0.29, 0.717) is 6.42 Å². The van der Waals surface area contributed by atoms with Crippen molar-refractivity contribution in [1.29, 1.82) is 0 Å². The Morgan fingerprint density at radius 3 is 2.05 bits per heavy atom. The summed E-state index contributed by atoms with van der Waals surface area (Å²) >= 11 is 0. The summed E-state index contributed by atoms with van der Waals surface area (Å²) in [5, 5.41) is 0. The molecule has 0 aliphatic carbocycles. The Bertz CT molecular complexity index is 596. The first-order valence-electron chi connectivity index (χ1n) is 7.43. The molecule has 0 heterocycles. The largest absolute Gasteiger partial charge is 0.309 e. The number of carbonyl (C=O) groups excluding carboxylic acids is 1. The summed E-state index contributed by atoms with van der Waals surface area (Å²) in [5.74, 6) is 0.147. The van der Waals surface area contributed by atoms with Gasteiger partial charge in [0.2, 0.25) is 5.91 Å². The van der Waals surface area contributed by atoms with Gasteiger partial charge in [0.05, 0.1) is 6.42 Å². The fourth-order valence-corrected chi connectivity index (χ4v) is 2.71. The number of nitrogens with zero attached hydrogens (tertiary/aromatic N) is 1. The molecule has 0 N–H and O–H groups in total. The van der Waals surface area contributed by atoms with E-state index < -0.39 is 0 Å². The van der Waals surface area contributed by atoms with E-state index in [2.05, 4.69) is 39.8 Å². The number of rotatable bonds is 4. The van der Waals surface area contributed by atoms with Crippen LogP contribution in [0.1, 0.15) is 30.5 Å². The maximum atomic E-state index is 12.8. The predicted molar refractivity (Wildman–Crippen MR) is 88.7 cm³/mol. The topological polar surface area (TPSA) is 20.3 Å². The first kappa shape index (κ1) is 15.3. The molecule has 21 heavy (non-hydrogen) atoms. The lowest BCUT2D eigenvalue weighted by atomic mass is 10.0. The van der Waals surface area contributed by atoms with Crippen molar-refractivity contribution in [2.75, 3.05) is 4.90 Å². The smallest absolute Gasteiger partial charge is 0.231 e. The van der Waals surface area contributed by atoms with Crippen molar-refractivity contribution in [2.24, 2.45) is 0 Å². The van der Waals surface area contributed by atoms with Crippen molar-refractivity contribution in [3.8, 4) is 0 Å². The van der Waals surface area contributed by atoms with Crippen LogP contribution in [0.5, 0.6) is 0 Å². The maximum absolute atomic E-state index is 12.8. The number of aryl methyl sites for hydroxylation is 2. The summed E-state index contributed by atoms with van der Waals surface area (Å²) in [6.45, 7) is 8.25. The Labute approximate surface area is 127 Å². The standard InChI is InChI=1S/C19H23NO/c1-14(2)20(19-15(3)9-8-10-16(19)4)18(21)13-17-11-6-5-7-12-17/h5-12,14H,13H2,1-4H3. The zero-order valence-electron chi connectivity index (χ0n) is 13.3. The Hall–Kier alpha value is -2.09. The van der Waals surface area contributed by atoms with Crippen molar-refractivity contribution in [3.63, 3.8) is 0 Å². The predicted octanol–water partition coefficient (Wildman–Crippen LogP) is 4.29. The fourth-order valence-electron chi connectivity index (χ4n) is 2.71. The molecule has 0 aliphatic rings. The van der Waals surface area contributed by atoms with Crippen LogP contribution >= 0.6 is 0 Å². The van der Waals surface area contributed by atoms with E-state index in [1.807, 2.05) is 41.3 Å². The van der Waals surface area contributed by atoms with Crippen LogP contribution in [-0.4, -0.2) is 11.9 Å². The quantitative estimate of drug-likeness (QED) is 0.818. The normalized spacial score (nSPS) is 10.7. The third kappa shape index (κ3) is 3.52. The third-order valence-electron chi connectivity index (χ3n) is 3.66. The van der Waals surface area contributed by atoms with Gasteiger partial charge in [-0.15, -0.1) is 0 Å². The monoisotopic (exact) mass is 281 g/mol. The summed E-state index contributed by atoms with van der Waals surface area (Å²) in [6.07, 6.45) is 0.437. The molecule has 110 valence electrons. The van der Waals surface area contributed by atoms with Crippen LogP contribution in [0, 0.1) is 13.8 Å². The minimum absolute atomic E-state index is 0.140. The zero-order chi connectivity index (χ0) is 15.4. The van der Waals surface area contributed by atoms with Crippen molar-refractivity contribution >= 4 is 11.6 Å². The second kappa shape index (κ2) is 6.57. The average molecular weight is 281 g/mol. The molecular weight excluding hydrogens is 258 g/mol. The molecule has 2 aromatic rings. The third-order valence-corrected chi connectivity index (χ3v) is 3.66. The molecule has 2 nitrogen and oxygen atoms in total. The molecule has 0 unspecified atom stereocenters. The second-order valence-corrected chi connectivity index (χ2v) is 5.76.